The summed E-state index contributed by atoms with van der Waals surface area (Å²) in [5.41, 5.74) is 1.19. The van der Waals surface area contributed by atoms with E-state index in [-0.39, 0.29) is 17.2 Å². The first-order valence-corrected chi connectivity index (χ1v) is 11.9. The van der Waals surface area contributed by atoms with Crippen LogP contribution in [0.4, 0.5) is 5.69 Å². The lowest BCUT2D eigenvalue weighted by Gasteiger charge is -2.10. The summed E-state index contributed by atoms with van der Waals surface area (Å²) in [6.07, 6.45) is 1.64. The quantitative estimate of drug-likeness (QED) is 0.253. The molecule has 0 spiro atoms. The van der Waals surface area contributed by atoms with Crippen LogP contribution in [0.25, 0.3) is 16.7 Å². The van der Waals surface area contributed by atoms with Crippen molar-refractivity contribution in [3.05, 3.63) is 102 Å². The first-order valence-electron chi connectivity index (χ1n) is 10.9. The molecule has 0 aliphatic carbocycles. The summed E-state index contributed by atoms with van der Waals surface area (Å²) in [7, 11) is 0. The molecule has 1 amide bonds. The molecule has 9 heteroatoms. The number of rotatable bonds is 8. The van der Waals surface area contributed by atoms with Crippen molar-refractivity contribution in [2.24, 2.45) is 0 Å². The van der Waals surface area contributed by atoms with Gasteiger partial charge in [-0.1, -0.05) is 48.2 Å². The highest BCUT2D eigenvalue weighted by atomic mass is 32.2. The van der Waals surface area contributed by atoms with Crippen molar-refractivity contribution in [3.63, 3.8) is 0 Å². The molecule has 5 rings (SSSR count). The van der Waals surface area contributed by atoms with Gasteiger partial charge in [0, 0.05) is 12.2 Å². The van der Waals surface area contributed by atoms with Crippen molar-refractivity contribution in [1.82, 2.24) is 19.2 Å². The van der Waals surface area contributed by atoms with Gasteiger partial charge in [-0.25, -0.2) is 0 Å². The van der Waals surface area contributed by atoms with Crippen LogP contribution in [0.15, 0.2) is 101 Å². The van der Waals surface area contributed by atoms with Crippen LogP contribution in [0, 0.1) is 0 Å². The first-order chi connectivity index (χ1) is 17.1. The van der Waals surface area contributed by atoms with E-state index in [2.05, 4.69) is 22.1 Å². The fourth-order valence-electron chi connectivity index (χ4n) is 3.68. The van der Waals surface area contributed by atoms with Gasteiger partial charge in [-0.3, -0.25) is 18.6 Å². The van der Waals surface area contributed by atoms with Crippen molar-refractivity contribution < 1.29 is 9.53 Å². The van der Waals surface area contributed by atoms with E-state index in [9.17, 15) is 9.59 Å². The van der Waals surface area contributed by atoms with E-state index < -0.39 is 0 Å². The maximum atomic E-state index is 12.9. The molecule has 0 aliphatic heterocycles. The number of fused-ring (bicyclic) bond motifs is 3. The summed E-state index contributed by atoms with van der Waals surface area (Å²) in [5, 5.41) is 12.4. The van der Waals surface area contributed by atoms with Crippen molar-refractivity contribution in [1.29, 1.82) is 0 Å². The standard InChI is InChI=1S/C26H21N5O3S/c1-2-16-30-24(33)21-10-6-7-11-22(21)31-25(30)28-29-26(31)35-17-23(32)27-18-12-14-20(15-13-18)34-19-8-4-3-5-9-19/h2-15H,1,16-17H2,(H,27,32). The summed E-state index contributed by atoms with van der Waals surface area (Å²) in [6.45, 7) is 4.04. The monoisotopic (exact) mass is 483 g/mol. The Morgan fingerprint density at radius 2 is 1.69 bits per heavy atom. The van der Waals surface area contributed by atoms with E-state index in [4.69, 9.17) is 4.74 Å². The van der Waals surface area contributed by atoms with E-state index in [1.165, 1.54) is 16.3 Å². The number of hydrogen-bond acceptors (Lipinski definition) is 6. The van der Waals surface area contributed by atoms with Gasteiger partial charge in [-0.15, -0.1) is 16.8 Å². The van der Waals surface area contributed by atoms with Crippen molar-refractivity contribution in [3.8, 4) is 11.5 Å². The maximum Gasteiger partial charge on any atom is 0.263 e. The van der Waals surface area contributed by atoms with Crippen LogP contribution in [0.3, 0.4) is 0 Å². The fourth-order valence-corrected chi connectivity index (χ4v) is 4.42. The number of hydrogen-bond donors (Lipinski definition) is 1. The molecular formula is C26H21N5O3S. The Bertz CT molecular complexity index is 1580. The number of thioether (sulfide) groups is 1. The summed E-state index contributed by atoms with van der Waals surface area (Å²) in [4.78, 5) is 25.5. The van der Waals surface area contributed by atoms with Crippen LogP contribution < -0.4 is 15.6 Å². The van der Waals surface area contributed by atoms with Gasteiger partial charge in [0.05, 0.1) is 16.7 Å². The fraction of sp³-hybridized carbons (Fsp3) is 0.0769. The minimum atomic E-state index is -0.188. The molecule has 2 aromatic heterocycles. The average Bonchev–Trinajstić information content (AvgIpc) is 3.31. The Kier molecular flexibility index (Phi) is 6.32. The number of carbonyl (C=O) groups excluding carboxylic acids is 1. The van der Waals surface area contributed by atoms with E-state index in [1.54, 1.807) is 40.8 Å². The molecule has 0 aliphatic rings. The van der Waals surface area contributed by atoms with Crippen molar-refractivity contribution >= 4 is 40.0 Å². The largest absolute Gasteiger partial charge is 0.457 e. The predicted octanol–water partition coefficient (Wildman–Crippen LogP) is 4.75. The molecule has 0 bridgehead atoms. The van der Waals surface area contributed by atoms with Crippen LogP contribution in [-0.4, -0.2) is 30.8 Å². The zero-order valence-corrected chi connectivity index (χ0v) is 19.4. The highest BCUT2D eigenvalue weighted by molar-refractivity contribution is 7.99. The third kappa shape index (κ3) is 4.67. The molecule has 2 heterocycles. The Morgan fingerprint density at radius 3 is 2.46 bits per heavy atom. The van der Waals surface area contributed by atoms with E-state index in [0.717, 1.165) is 5.75 Å². The lowest BCUT2D eigenvalue weighted by molar-refractivity contribution is -0.113. The molecule has 3 aromatic carbocycles. The van der Waals surface area contributed by atoms with E-state index in [1.807, 2.05) is 48.5 Å². The summed E-state index contributed by atoms with van der Waals surface area (Å²) in [5.74, 6) is 1.76. The normalized spacial score (nSPS) is 11.0. The Balaban J connectivity index is 1.31. The van der Waals surface area contributed by atoms with Crippen LogP contribution in [0.2, 0.25) is 0 Å². The number of anilines is 1. The number of allylic oxidation sites excluding steroid dienone is 1. The summed E-state index contributed by atoms with van der Waals surface area (Å²) < 4.78 is 9.10. The molecule has 0 saturated heterocycles. The second kappa shape index (κ2) is 9.86. The second-order valence-corrected chi connectivity index (χ2v) is 8.56. The van der Waals surface area contributed by atoms with Crippen molar-refractivity contribution in [2.45, 2.75) is 11.7 Å². The minimum absolute atomic E-state index is 0.123. The topological polar surface area (TPSA) is 90.5 Å². The molecule has 5 aromatic rings. The van der Waals surface area contributed by atoms with Crippen LogP contribution >= 0.6 is 11.8 Å². The van der Waals surface area contributed by atoms with Gasteiger partial charge in [-0.2, -0.15) is 0 Å². The molecule has 1 N–H and O–H groups in total. The molecule has 0 fully saturated rings. The van der Waals surface area contributed by atoms with E-state index in [0.29, 0.717) is 39.8 Å². The van der Waals surface area contributed by atoms with Gasteiger partial charge < -0.3 is 10.1 Å². The van der Waals surface area contributed by atoms with Gasteiger partial charge >= 0.3 is 0 Å². The second-order valence-electron chi connectivity index (χ2n) is 7.62. The molecule has 35 heavy (non-hydrogen) atoms. The van der Waals surface area contributed by atoms with Crippen LogP contribution in [0.5, 0.6) is 11.5 Å². The predicted molar refractivity (Wildman–Crippen MR) is 137 cm³/mol. The van der Waals surface area contributed by atoms with Gasteiger partial charge in [0.25, 0.3) is 5.56 Å². The number of nitrogens with one attached hydrogen (secondary N) is 1. The molecule has 0 saturated carbocycles. The molecule has 174 valence electrons. The van der Waals surface area contributed by atoms with Gasteiger partial charge in [0.15, 0.2) is 5.16 Å². The SMILES string of the molecule is C=CCn1c(=O)c2ccccc2n2c(SCC(=O)Nc3ccc(Oc4ccccc4)cc3)nnc12. The van der Waals surface area contributed by atoms with Gasteiger partial charge in [0.2, 0.25) is 11.7 Å². The van der Waals surface area contributed by atoms with E-state index >= 15 is 0 Å². The molecule has 8 nitrogen and oxygen atoms in total. The molecule has 0 atom stereocenters. The zero-order chi connectivity index (χ0) is 24.2. The third-order valence-electron chi connectivity index (χ3n) is 5.24. The smallest absolute Gasteiger partial charge is 0.263 e. The number of ether oxygens (including phenoxy) is 1. The summed E-state index contributed by atoms with van der Waals surface area (Å²) in [6, 6.07) is 23.9. The maximum absolute atomic E-state index is 12.9. The molecule has 0 unspecified atom stereocenters. The van der Waals surface area contributed by atoms with Crippen LogP contribution in [-0.2, 0) is 11.3 Å². The highest BCUT2D eigenvalue weighted by Crippen LogP contribution is 2.24. The number of aromatic nitrogens is 4. The van der Waals surface area contributed by atoms with Gasteiger partial charge in [-0.05, 0) is 48.5 Å². The van der Waals surface area contributed by atoms with Gasteiger partial charge in [0.1, 0.15) is 11.5 Å². The minimum Gasteiger partial charge on any atom is -0.457 e. The zero-order valence-electron chi connectivity index (χ0n) is 18.6. The average molecular weight is 484 g/mol. The molecule has 0 radical (unpaired) electrons. The lowest BCUT2D eigenvalue weighted by atomic mass is 10.2. The third-order valence-corrected chi connectivity index (χ3v) is 6.17. The number of nitrogens with zero attached hydrogens (tertiary/aromatic N) is 4. The Hall–Kier alpha value is -4.37. The number of carbonyl (C=O) groups is 1. The Labute approximate surface area is 204 Å². The highest BCUT2D eigenvalue weighted by Gasteiger charge is 2.17. The Morgan fingerprint density at radius 1 is 0.971 bits per heavy atom. The number of amides is 1. The van der Waals surface area contributed by atoms with Crippen LogP contribution in [0.1, 0.15) is 0 Å². The number of benzene rings is 3. The lowest BCUT2D eigenvalue weighted by Crippen LogP contribution is -2.22. The summed E-state index contributed by atoms with van der Waals surface area (Å²) >= 11 is 1.25. The van der Waals surface area contributed by atoms with Crippen molar-refractivity contribution in [2.75, 3.05) is 11.1 Å². The first kappa shape index (κ1) is 22.4. The molecular weight excluding hydrogens is 462 g/mol. The number of para-hydroxylation sites is 2.